The van der Waals surface area contributed by atoms with Gasteiger partial charge in [0.1, 0.15) is 47.6 Å². The van der Waals surface area contributed by atoms with Crippen LogP contribution >= 0.6 is 15.9 Å². The number of nitrogen functional groups attached to an aromatic ring is 1. The molecule has 27 heteroatoms. The number of fused-ring (bicyclic) bond motifs is 3. The van der Waals surface area contributed by atoms with E-state index < -0.39 is 52.2 Å². The molecule has 0 radical (unpaired) electrons. The standard InChI is InChI=1S/C40H45N4O.C16H11BO3.C16H9BrO.C16H11NO9S3.3Na/c1-39(2)32-15-7-9-17-34(32)43(25-11-23-41)36(39)21-19-28-27-29(38(45)31-14-6-5-13-30(28)31)20-22-37-40(3,4)33-16-8-10-18-35(33)44(37)26-12-24-42;18-14-8-4-10-1-5-11-13(17(19)20)7-3-9-2-6-12(14)16(10)15(9)11;17-13-7-3-9-2-6-12-14(18)8-4-10-1-5-11(13)15(9)16(10)12;17-11-5-12(27(18,19)20)8-3-4-10-14(29(24,25)26)6-13(28(21,22)23)9-2-1-7(11)15(8)16(9)10;;;/h5-10,13-22,27H,11-12,23-26,41-42H2,1-4H3;1-8,18-20H;1-8,18H;1-6H,17H2,(H,18,19,20)(H,21,22,23)(H,24,25,26);;;/q+1;;;;3*+1/p-2. The first-order valence-corrected chi connectivity index (χ1v) is 41.1. The molecule has 0 unspecified atom stereocenters. The summed E-state index contributed by atoms with van der Waals surface area (Å²) >= 11 is 3.60. The van der Waals surface area contributed by atoms with Gasteiger partial charge < -0.3 is 56.2 Å². The maximum Gasteiger partial charge on any atom is 1.00 e. The van der Waals surface area contributed by atoms with Crippen molar-refractivity contribution in [2.24, 2.45) is 11.5 Å². The molecule has 0 spiro atoms. The normalized spacial score (nSPS) is 13.9. The van der Waals surface area contributed by atoms with Gasteiger partial charge in [-0.05, 0) is 154 Å². The van der Waals surface area contributed by atoms with Crippen molar-refractivity contribution in [1.82, 2.24) is 0 Å². The molecule has 18 rings (SSSR count). The third-order valence-corrected chi connectivity index (χ3v) is 25.2. The molecule has 2 heterocycles. The van der Waals surface area contributed by atoms with Gasteiger partial charge in [0.2, 0.25) is 11.4 Å². The van der Waals surface area contributed by atoms with Crippen LogP contribution in [-0.2, 0) is 41.2 Å². The Morgan fingerprint density at radius 1 is 0.409 bits per heavy atom. The number of phenolic OH excluding ortho intramolecular Hbond substituents is 3. The van der Waals surface area contributed by atoms with Crippen molar-refractivity contribution in [3.63, 3.8) is 0 Å². The van der Waals surface area contributed by atoms with Crippen molar-refractivity contribution < 1.29 is 162 Å². The van der Waals surface area contributed by atoms with E-state index in [1.54, 1.807) is 18.2 Å². The Hall–Kier alpha value is -7.97. The zero-order chi connectivity index (χ0) is 79.4. The Morgan fingerprint density at radius 3 is 1.24 bits per heavy atom. The minimum absolute atomic E-state index is 0. The summed E-state index contributed by atoms with van der Waals surface area (Å²) in [5, 5.41) is 64.2. The number of nitrogens with two attached hydrogens (primary N) is 3. The van der Waals surface area contributed by atoms with E-state index in [1.165, 1.54) is 67.6 Å². The molecular formula is C88H74BBrN5Na3O14S3+2. The Labute approximate surface area is 739 Å². The van der Waals surface area contributed by atoms with Gasteiger partial charge in [0, 0.05) is 118 Å². The molecule has 0 saturated heterocycles. The van der Waals surface area contributed by atoms with Gasteiger partial charge in [0.25, 0.3) is 0 Å². The minimum Gasteiger partial charge on any atom is -0.744 e. The van der Waals surface area contributed by atoms with Crippen LogP contribution in [0.5, 0.6) is 17.2 Å². The van der Waals surface area contributed by atoms with Crippen LogP contribution in [0.25, 0.3) is 120 Å². The number of rotatable bonds is 14. The summed E-state index contributed by atoms with van der Waals surface area (Å²) in [6, 6.07) is 64.7. The summed E-state index contributed by atoms with van der Waals surface area (Å²) in [6.07, 6.45) is 10.6. The molecule has 0 bridgehead atoms. The number of halogens is 1. The molecular weight excluding hydrogens is 1610 g/mol. The molecule has 0 saturated carbocycles. The molecule has 0 aromatic heterocycles. The van der Waals surface area contributed by atoms with Crippen LogP contribution in [0.4, 0.5) is 17.1 Å². The van der Waals surface area contributed by atoms with Crippen molar-refractivity contribution in [3.05, 3.63) is 251 Å². The monoisotopic (exact) mass is 1680 g/mol. The summed E-state index contributed by atoms with van der Waals surface area (Å²) in [6.45, 7) is 12.2. The van der Waals surface area contributed by atoms with Gasteiger partial charge in [0.15, 0.2) is 24.5 Å². The number of allylic oxidation sites excluding steroid dienone is 2. The molecule has 16 aromatic rings. The van der Waals surface area contributed by atoms with Crippen LogP contribution in [0.3, 0.4) is 0 Å². The summed E-state index contributed by atoms with van der Waals surface area (Å²) < 4.78 is 111. The molecule has 2 aliphatic heterocycles. The number of hydrogen-bond acceptors (Lipinski definition) is 17. The number of phenols is 3. The molecule has 2 aliphatic rings. The van der Waals surface area contributed by atoms with Gasteiger partial charge in [-0.1, -0.05) is 180 Å². The van der Waals surface area contributed by atoms with Gasteiger partial charge in [-0.3, -0.25) is 0 Å². The van der Waals surface area contributed by atoms with E-state index in [2.05, 4.69) is 168 Å². The van der Waals surface area contributed by atoms with Crippen LogP contribution in [0.2, 0.25) is 0 Å². The van der Waals surface area contributed by atoms with Crippen LogP contribution in [0, 0.1) is 0 Å². The van der Waals surface area contributed by atoms with Gasteiger partial charge in [-0.15, -0.1) is 0 Å². The Balaban J connectivity index is 0.000000150. The van der Waals surface area contributed by atoms with E-state index in [9.17, 15) is 64.3 Å². The maximum atomic E-state index is 11.7. The average Bonchev–Trinajstić information content (AvgIpc) is 1.64. The predicted octanol–water partition coefficient (Wildman–Crippen LogP) is 6.33. The number of hydrogen-bond donors (Lipinski definition) is 8. The van der Waals surface area contributed by atoms with Gasteiger partial charge in [0.05, 0.1) is 25.5 Å². The first kappa shape index (κ1) is 86.4. The number of aromatic hydroxyl groups is 3. The quantitative estimate of drug-likeness (QED) is 0.0194. The number of anilines is 1. The summed E-state index contributed by atoms with van der Waals surface area (Å²) in [4.78, 5) is -2.65. The fraction of sp³-hybridized carbons (Fsp3) is 0.136. The van der Waals surface area contributed by atoms with E-state index in [4.69, 9.17) is 17.2 Å². The molecule has 11 N–H and O–H groups in total. The SMILES string of the molecule is CC1(C)C(/C=C/c2cc(/C=C/C3=[N+](CCCN)c4ccccc4C3(C)C)c3ccccc3c2O)=[N+](CCCN)c2ccccc21.Nc1cc(S(=O)(=O)[O-])c2ccc3c(S(=O)(=O)[O-])cc(S(=O)(=O)[O-])c4ccc1c2c43.OB(O)c1ccc2ccc3c(O)ccc4ccc1c2c43.Oc1ccc2ccc3c(Br)ccc4ccc1c2c43.[Na+].[Na+].[Na+]. The molecule has 16 aromatic carbocycles. The van der Waals surface area contributed by atoms with E-state index in [-0.39, 0.29) is 143 Å². The molecule has 564 valence electrons. The van der Waals surface area contributed by atoms with Crippen molar-refractivity contribution in [3.8, 4) is 17.2 Å². The predicted molar refractivity (Wildman–Crippen MR) is 449 cm³/mol. The Bertz CT molecular complexity index is 6960. The number of para-hydroxylation sites is 2. The molecule has 115 heavy (non-hydrogen) atoms. The van der Waals surface area contributed by atoms with Crippen LogP contribution in [-0.4, -0.2) is 118 Å². The van der Waals surface area contributed by atoms with Crippen LogP contribution in [0.1, 0.15) is 62.8 Å². The maximum absolute atomic E-state index is 11.7. The number of benzene rings is 16. The largest absolute Gasteiger partial charge is 1.00 e. The molecule has 0 atom stereocenters. The van der Waals surface area contributed by atoms with Crippen molar-refractivity contribution in [1.29, 1.82) is 0 Å². The average molecular weight is 1680 g/mol. The van der Waals surface area contributed by atoms with Gasteiger partial charge in [-0.2, -0.15) is 9.15 Å². The Morgan fingerprint density at radius 2 is 0.774 bits per heavy atom. The second-order valence-electron chi connectivity index (χ2n) is 29.1. The summed E-state index contributed by atoms with van der Waals surface area (Å²) in [7, 11) is -17.0. The fourth-order valence-corrected chi connectivity index (χ4v) is 19.3. The topological polar surface area (TPSA) is 357 Å². The van der Waals surface area contributed by atoms with Crippen LogP contribution in [0.15, 0.2) is 244 Å². The minimum atomic E-state index is -5.22. The van der Waals surface area contributed by atoms with E-state index in [1.807, 2.05) is 66.7 Å². The first-order valence-electron chi connectivity index (χ1n) is 36.1. The third-order valence-electron chi connectivity index (χ3n) is 21.9. The van der Waals surface area contributed by atoms with Crippen LogP contribution < -0.4 is 111 Å². The fourth-order valence-electron chi connectivity index (χ4n) is 16.6. The van der Waals surface area contributed by atoms with Gasteiger partial charge in [-0.25, -0.2) is 25.3 Å². The van der Waals surface area contributed by atoms with E-state index in [0.717, 1.165) is 114 Å². The van der Waals surface area contributed by atoms with Crippen molar-refractivity contribution in [2.75, 3.05) is 31.9 Å². The zero-order valence-electron chi connectivity index (χ0n) is 64.0. The smallest absolute Gasteiger partial charge is 0.744 e. The summed E-state index contributed by atoms with van der Waals surface area (Å²) in [5.74, 6) is 0.881. The van der Waals surface area contributed by atoms with E-state index in [0.29, 0.717) is 36.1 Å². The second kappa shape index (κ2) is 33.4. The van der Waals surface area contributed by atoms with E-state index >= 15 is 0 Å². The second-order valence-corrected chi connectivity index (χ2v) is 34.0. The number of nitrogens with zero attached hydrogens (tertiary/aromatic N) is 2. The Kier molecular flexibility index (Phi) is 25.1. The summed E-state index contributed by atoms with van der Waals surface area (Å²) in [5.41, 5.74) is 27.2. The van der Waals surface area contributed by atoms with Crippen molar-refractivity contribution >= 4 is 207 Å². The third kappa shape index (κ3) is 15.6. The molecule has 0 amide bonds. The zero-order valence-corrected chi connectivity index (χ0v) is 74.0. The van der Waals surface area contributed by atoms with Crippen molar-refractivity contribution in [2.45, 2.75) is 66.1 Å². The van der Waals surface area contributed by atoms with Gasteiger partial charge >= 0.3 is 95.8 Å². The first-order chi connectivity index (χ1) is 53.3. The molecule has 0 fully saturated rings. The molecule has 19 nitrogen and oxygen atoms in total. The molecule has 0 aliphatic carbocycles.